The maximum Gasteiger partial charge on any atom is 0.187 e. The number of unbranched alkanes of at least 4 members (excludes halogenated alkanes) is 5. The lowest BCUT2D eigenvalue weighted by Crippen LogP contribution is -2.78. The monoisotopic (exact) mass is 669 g/mol. The molecule has 0 aliphatic carbocycles. The van der Waals surface area contributed by atoms with Gasteiger partial charge in [-0.1, -0.05) is 39.0 Å². The molecule has 15 atom stereocenters. The van der Waals surface area contributed by atoms with E-state index < -0.39 is 111 Å². The maximum atomic E-state index is 12.1. The van der Waals surface area contributed by atoms with Crippen LogP contribution in [0.25, 0.3) is 0 Å². The highest BCUT2D eigenvalue weighted by molar-refractivity contribution is 5.79. The molecule has 0 amide bonds. The van der Waals surface area contributed by atoms with Gasteiger partial charge < -0.3 is 81.3 Å². The first-order chi connectivity index (χ1) is 21.9. The van der Waals surface area contributed by atoms with E-state index in [1.165, 1.54) is 0 Å². The Morgan fingerprint density at radius 2 is 1.37 bits per heavy atom. The molecule has 268 valence electrons. The van der Waals surface area contributed by atoms with Crippen LogP contribution in [-0.4, -0.2) is 171 Å². The zero-order chi connectivity index (χ0) is 34.2. The lowest BCUT2D eigenvalue weighted by Gasteiger charge is -2.53. The molecule has 0 spiro atoms. The van der Waals surface area contributed by atoms with Crippen LogP contribution >= 0.6 is 0 Å². The van der Waals surface area contributed by atoms with Crippen LogP contribution in [0.2, 0.25) is 0 Å². The minimum Gasteiger partial charge on any atom is -0.394 e. The number of carbonyl (C=O) groups is 2. The summed E-state index contributed by atoms with van der Waals surface area (Å²) in [5.41, 5.74) is 6.41. The van der Waals surface area contributed by atoms with Crippen LogP contribution in [0.3, 0.4) is 0 Å². The topological polar surface area (TPSA) is 306 Å². The van der Waals surface area contributed by atoms with E-state index in [1.54, 1.807) is 0 Å². The van der Waals surface area contributed by atoms with Crippen LogP contribution in [0.1, 0.15) is 45.4 Å². The van der Waals surface area contributed by atoms with Crippen LogP contribution in [0.15, 0.2) is 0 Å². The van der Waals surface area contributed by atoms with Gasteiger partial charge >= 0.3 is 0 Å². The lowest BCUT2D eigenvalue weighted by molar-refractivity contribution is -0.363. The molecule has 18 nitrogen and oxygen atoms in total. The van der Waals surface area contributed by atoms with Gasteiger partial charge in [0.05, 0.1) is 37.9 Å². The average Bonchev–Trinajstić information content (AvgIpc) is 3.06. The van der Waals surface area contributed by atoms with Crippen LogP contribution < -0.4 is 16.8 Å². The fourth-order valence-electron chi connectivity index (χ4n) is 5.99. The Hall–Kier alpha value is -1.30. The fourth-order valence-corrected chi connectivity index (χ4v) is 5.99. The van der Waals surface area contributed by atoms with Crippen molar-refractivity contribution in [2.24, 2.45) is 11.5 Å². The molecule has 3 heterocycles. The molecular weight excluding hydrogens is 618 g/mol. The number of aldehydes is 2. The molecule has 0 aromatic rings. The first kappa shape index (κ1) is 39.1. The molecule has 3 aliphatic heterocycles. The highest BCUT2D eigenvalue weighted by Gasteiger charge is 2.65. The summed E-state index contributed by atoms with van der Waals surface area (Å²) in [4.78, 5) is 24.2. The molecule has 46 heavy (non-hydrogen) atoms. The van der Waals surface area contributed by atoms with Gasteiger partial charge in [0.1, 0.15) is 42.7 Å². The van der Waals surface area contributed by atoms with Gasteiger partial charge in [0, 0.05) is 0 Å². The van der Waals surface area contributed by atoms with Gasteiger partial charge in [0.2, 0.25) is 0 Å². The van der Waals surface area contributed by atoms with Crippen LogP contribution in [0, 0.1) is 0 Å². The van der Waals surface area contributed by atoms with E-state index >= 15 is 0 Å². The number of rotatable bonds is 17. The summed E-state index contributed by atoms with van der Waals surface area (Å²) in [5.74, 6) is 0. The van der Waals surface area contributed by atoms with Crippen LogP contribution in [0.4, 0.5) is 0 Å². The van der Waals surface area contributed by atoms with Crippen molar-refractivity contribution in [2.45, 2.75) is 136 Å². The molecule has 0 radical (unpaired) electrons. The number of hydrogen-bond acceptors (Lipinski definition) is 18. The first-order valence-electron chi connectivity index (χ1n) is 15.6. The second-order valence-corrected chi connectivity index (χ2v) is 12.1. The van der Waals surface area contributed by atoms with Gasteiger partial charge in [-0.25, -0.2) is 0 Å². The van der Waals surface area contributed by atoms with Crippen molar-refractivity contribution in [3.8, 4) is 0 Å². The van der Waals surface area contributed by atoms with Crippen molar-refractivity contribution >= 4 is 12.6 Å². The molecule has 0 aromatic carbocycles. The minimum absolute atomic E-state index is 0.0331. The summed E-state index contributed by atoms with van der Waals surface area (Å²) in [7, 11) is 0. The maximum absolute atomic E-state index is 12.1. The summed E-state index contributed by atoms with van der Waals surface area (Å²) in [6, 6.07) is -4.17. The number of nitrogens with two attached hydrogens (primary N) is 2. The Morgan fingerprint density at radius 3 is 1.93 bits per heavy atom. The summed E-state index contributed by atoms with van der Waals surface area (Å²) in [5, 5.41) is 86.8. The summed E-state index contributed by atoms with van der Waals surface area (Å²) < 4.78 is 28.3. The first-order valence-corrected chi connectivity index (χ1v) is 15.6. The molecule has 3 rings (SSSR count). The molecular formula is C28H51N3O15. The van der Waals surface area contributed by atoms with Gasteiger partial charge in [-0.15, -0.1) is 0 Å². The van der Waals surface area contributed by atoms with E-state index in [0.29, 0.717) is 6.42 Å². The Labute approximate surface area is 266 Å². The van der Waals surface area contributed by atoms with E-state index in [0.717, 1.165) is 32.1 Å². The number of aliphatic hydroxyl groups excluding tert-OH is 7. The molecule has 13 N–H and O–H groups in total. The van der Waals surface area contributed by atoms with Crippen LogP contribution in [0.5, 0.6) is 0 Å². The van der Waals surface area contributed by atoms with E-state index in [-0.39, 0.29) is 19.1 Å². The fraction of sp³-hybridized carbons (Fsp3) is 0.929. The summed E-state index contributed by atoms with van der Waals surface area (Å²) >= 11 is 0. The number of ether oxygens (including phenoxy) is 5. The smallest absolute Gasteiger partial charge is 0.187 e. The van der Waals surface area contributed by atoms with Gasteiger partial charge in [0.25, 0.3) is 0 Å². The van der Waals surface area contributed by atoms with Crippen molar-refractivity contribution in [3.63, 3.8) is 0 Å². The van der Waals surface area contributed by atoms with Gasteiger partial charge in [-0.3, -0.25) is 9.59 Å². The third-order valence-electron chi connectivity index (χ3n) is 9.01. The van der Waals surface area contributed by atoms with E-state index in [4.69, 9.17) is 35.2 Å². The SMILES string of the molecule is CCCCCCCCN[C@H]1[C@@H](OC2[C@@H](CO)O[C@@H](OC3[C@@H](CO)O[C@@H](O)[C@H](N)[C@H]3O)[C@H](N)[C@H]2O)O[C@](C=O)(CO)[C@](O)(C=O)[C@@H]1O. The molecule has 0 bridgehead atoms. The Morgan fingerprint density at radius 1 is 0.804 bits per heavy atom. The van der Waals surface area contributed by atoms with E-state index in [9.17, 15) is 50.4 Å². The van der Waals surface area contributed by atoms with Crippen molar-refractivity contribution < 1.29 is 74.1 Å². The average molecular weight is 670 g/mol. The number of hydrogen-bond donors (Lipinski definition) is 11. The molecule has 0 saturated carbocycles. The van der Waals surface area contributed by atoms with Gasteiger partial charge in [0.15, 0.2) is 42.6 Å². The zero-order valence-electron chi connectivity index (χ0n) is 25.8. The van der Waals surface area contributed by atoms with Crippen molar-refractivity contribution in [1.82, 2.24) is 5.32 Å². The third kappa shape index (κ3) is 7.94. The summed E-state index contributed by atoms with van der Waals surface area (Å²) in [6.07, 6.45) is -10.3. The molecule has 3 fully saturated rings. The largest absolute Gasteiger partial charge is 0.394 e. The number of nitrogens with one attached hydrogen (secondary N) is 1. The highest BCUT2D eigenvalue weighted by atomic mass is 16.7. The van der Waals surface area contributed by atoms with Crippen molar-refractivity contribution in [2.75, 3.05) is 26.4 Å². The van der Waals surface area contributed by atoms with Crippen molar-refractivity contribution in [1.29, 1.82) is 0 Å². The molecule has 2 unspecified atom stereocenters. The Kier molecular flexibility index (Phi) is 14.8. The third-order valence-corrected chi connectivity index (χ3v) is 9.01. The molecule has 0 aromatic heterocycles. The Balaban J connectivity index is 1.82. The van der Waals surface area contributed by atoms with E-state index in [1.807, 2.05) is 0 Å². The summed E-state index contributed by atoms with van der Waals surface area (Å²) in [6.45, 7) is -0.384. The van der Waals surface area contributed by atoms with Crippen LogP contribution in [-0.2, 0) is 33.3 Å². The predicted octanol–water partition coefficient (Wildman–Crippen LogP) is -5.54. The normalized spacial score (nSPS) is 45.0. The van der Waals surface area contributed by atoms with E-state index in [2.05, 4.69) is 12.2 Å². The second-order valence-electron chi connectivity index (χ2n) is 12.1. The van der Waals surface area contributed by atoms with Gasteiger partial charge in [-0.05, 0) is 13.0 Å². The van der Waals surface area contributed by atoms with Crippen molar-refractivity contribution in [3.05, 3.63) is 0 Å². The van der Waals surface area contributed by atoms with Gasteiger partial charge in [-0.2, -0.15) is 0 Å². The number of aliphatic hydroxyl groups is 8. The molecule has 18 heteroatoms. The molecule has 3 aliphatic rings. The number of carbonyl (C=O) groups excluding carboxylic acids is 2. The Bertz CT molecular complexity index is 952. The predicted molar refractivity (Wildman–Crippen MR) is 154 cm³/mol. The lowest BCUT2D eigenvalue weighted by atomic mass is 9.75. The standard InChI is InChI=1S/C28H51N3O15/c1-2-3-4-5-6-7-8-31-18-23(39)28(41,13-36)27(11-34,12-35)46-26(18)45-22-15(10-33)43-25(17(30)20(22)38)44-21-14(9-32)42-24(40)16(29)19(21)37/h11,13-26,31-33,35,37-41H,2-10,12,29-30H2,1H3/t14-,15-,16-,17-,18-,19-,20-,21?,22?,23-,24-,25+,26+,27-,28+/m1/s1. The highest BCUT2D eigenvalue weighted by Crippen LogP contribution is 2.38. The second kappa shape index (κ2) is 17.4. The molecule has 3 saturated heterocycles. The quantitative estimate of drug-likeness (QED) is 0.0508. The zero-order valence-corrected chi connectivity index (χ0v) is 25.8. The minimum atomic E-state index is -2.89.